The highest BCUT2D eigenvalue weighted by Gasteiger charge is 2.20. The highest BCUT2D eigenvalue weighted by atomic mass is 35.5. The standard InChI is InChI=1S/C14H17ClO3/c15-12-9-5-8-11(14(16)17)13(12)18-10-6-3-1-2-4-7-10/h5,8-10H,1-4,6-7H2,(H,16,17). The molecule has 1 aromatic carbocycles. The number of benzene rings is 1. The molecule has 0 heterocycles. The summed E-state index contributed by atoms with van der Waals surface area (Å²) in [7, 11) is 0. The van der Waals surface area contributed by atoms with Gasteiger partial charge < -0.3 is 9.84 Å². The first-order valence-electron chi connectivity index (χ1n) is 6.37. The van der Waals surface area contributed by atoms with Gasteiger partial charge in [-0.05, 0) is 37.8 Å². The van der Waals surface area contributed by atoms with Crippen molar-refractivity contribution >= 4 is 17.6 Å². The van der Waals surface area contributed by atoms with Crippen LogP contribution in [0.4, 0.5) is 0 Å². The summed E-state index contributed by atoms with van der Waals surface area (Å²) in [6.45, 7) is 0. The zero-order valence-corrected chi connectivity index (χ0v) is 10.9. The van der Waals surface area contributed by atoms with Crippen molar-refractivity contribution in [1.29, 1.82) is 0 Å². The number of carboxylic acid groups (broad SMARTS) is 1. The number of para-hydroxylation sites is 1. The van der Waals surface area contributed by atoms with Crippen molar-refractivity contribution in [2.24, 2.45) is 0 Å². The van der Waals surface area contributed by atoms with Crippen LogP contribution in [0, 0.1) is 0 Å². The van der Waals surface area contributed by atoms with Gasteiger partial charge in [0.1, 0.15) is 5.56 Å². The van der Waals surface area contributed by atoms with E-state index in [1.807, 2.05) is 0 Å². The van der Waals surface area contributed by atoms with Crippen LogP contribution < -0.4 is 4.74 Å². The van der Waals surface area contributed by atoms with Gasteiger partial charge in [0.25, 0.3) is 0 Å². The fraction of sp³-hybridized carbons (Fsp3) is 0.500. The Morgan fingerprint density at radius 1 is 1.22 bits per heavy atom. The summed E-state index contributed by atoms with van der Waals surface area (Å²) in [5.41, 5.74) is 0.145. The molecule has 1 aromatic rings. The maximum absolute atomic E-state index is 11.1. The predicted octanol–water partition coefficient (Wildman–Crippen LogP) is 4.14. The number of ether oxygens (including phenoxy) is 1. The lowest BCUT2D eigenvalue weighted by Gasteiger charge is -2.19. The monoisotopic (exact) mass is 268 g/mol. The summed E-state index contributed by atoms with van der Waals surface area (Å²) >= 11 is 6.05. The van der Waals surface area contributed by atoms with Gasteiger partial charge in [-0.2, -0.15) is 0 Å². The van der Waals surface area contributed by atoms with Crippen molar-refractivity contribution in [3.8, 4) is 5.75 Å². The van der Waals surface area contributed by atoms with Crippen LogP contribution >= 0.6 is 11.6 Å². The minimum Gasteiger partial charge on any atom is -0.488 e. The molecule has 0 spiro atoms. The number of hydrogen-bond acceptors (Lipinski definition) is 2. The van der Waals surface area contributed by atoms with E-state index >= 15 is 0 Å². The van der Waals surface area contributed by atoms with Crippen molar-refractivity contribution in [2.75, 3.05) is 0 Å². The van der Waals surface area contributed by atoms with E-state index < -0.39 is 5.97 Å². The third-order valence-corrected chi connectivity index (χ3v) is 3.58. The lowest BCUT2D eigenvalue weighted by molar-refractivity contribution is 0.0688. The highest BCUT2D eigenvalue weighted by Crippen LogP contribution is 2.32. The molecule has 0 aromatic heterocycles. The Morgan fingerprint density at radius 3 is 2.50 bits per heavy atom. The van der Waals surface area contributed by atoms with Gasteiger partial charge in [0, 0.05) is 0 Å². The molecule has 4 heteroatoms. The van der Waals surface area contributed by atoms with Crippen LogP contribution in [0.2, 0.25) is 5.02 Å². The summed E-state index contributed by atoms with van der Waals surface area (Å²) in [5.74, 6) is -0.681. The fourth-order valence-electron chi connectivity index (χ4n) is 2.32. The third kappa shape index (κ3) is 3.16. The van der Waals surface area contributed by atoms with Gasteiger partial charge in [0.05, 0.1) is 11.1 Å². The molecule has 1 N–H and O–H groups in total. The van der Waals surface area contributed by atoms with E-state index in [0.29, 0.717) is 10.8 Å². The van der Waals surface area contributed by atoms with Crippen molar-refractivity contribution in [3.05, 3.63) is 28.8 Å². The van der Waals surface area contributed by atoms with Gasteiger partial charge in [-0.3, -0.25) is 0 Å². The number of aromatic carboxylic acids is 1. The summed E-state index contributed by atoms with van der Waals surface area (Å²) < 4.78 is 5.85. The summed E-state index contributed by atoms with van der Waals surface area (Å²) in [6.07, 6.45) is 6.77. The SMILES string of the molecule is O=C(O)c1cccc(Cl)c1OC1CCCCCC1. The van der Waals surface area contributed by atoms with Crippen molar-refractivity contribution in [2.45, 2.75) is 44.6 Å². The number of halogens is 1. The quantitative estimate of drug-likeness (QED) is 0.838. The number of carbonyl (C=O) groups is 1. The molecule has 0 radical (unpaired) electrons. The third-order valence-electron chi connectivity index (χ3n) is 3.28. The van der Waals surface area contributed by atoms with Crippen molar-refractivity contribution < 1.29 is 14.6 Å². The molecular weight excluding hydrogens is 252 g/mol. The molecule has 18 heavy (non-hydrogen) atoms. The Bertz CT molecular complexity index is 423. The van der Waals surface area contributed by atoms with E-state index in [-0.39, 0.29) is 11.7 Å². The molecule has 98 valence electrons. The van der Waals surface area contributed by atoms with E-state index in [2.05, 4.69) is 0 Å². The van der Waals surface area contributed by atoms with Crippen molar-refractivity contribution in [3.63, 3.8) is 0 Å². The summed E-state index contributed by atoms with van der Waals surface area (Å²) in [4.78, 5) is 11.1. The minimum absolute atomic E-state index is 0.0884. The average molecular weight is 269 g/mol. The van der Waals surface area contributed by atoms with E-state index in [1.54, 1.807) is 12.1 Å². The van der Waals surface area contributed by atoms with Gasteiger partial charge in [-0.15, -0.1) is 0 Å². The van der Waals surface area contributed by atoms with Crippen LogP contribution in [0.5, 0.6) is 5.75 Å². The fourth-order valence-corrected chi connectivity index (χ4v) is 2.54. The zero-order valence-electron chi connectivity index (χ0n) is 10.2. The van der Waals surface area contributed by atoms with E-state index in [9.17, 15) is 4.79 Å². The van der Waals surface area contributed by atoms with Gasteiger partial charge in [0.2, 0.25) is 0 Å². The molecule has 0 atom stereocenters. The van der Waals surface area contributed by atoms with E-state index in [4.69, 9.17) is 21.4 Å². The Kier molecular flexibility index (Phi) is 4.48. The lowest BCUT2D eigenvalue weighted by atomic mass is 10.1. The van der Waals surface area contributed by atoms with Crippen LogP contribution in [0.3, 0.4) is 0 Å². The molecular formula is C14H17ClO3. The molecule has 0 saturated heterocycles. The smallest absolute Gasteiger partial charge is 0.339 e. The van der Waals surface area contributed by atoms with Gasteiger partial charge >= 0.3 is 5.97 Å². The first kappa shape index (κ1) is 13.2. The second-order valence-electron chi connectivity index (χ2n) is 4.65. The molecule has 1 aliphatic rings. The summed E-state index contributed by atoms with van der Waals surface area (Å²) in [6, 6.07) is 4.83. The van der Waals surface area contributed by atoms with Gasteiger partial charge in [-0.1, -0.05) is 30.5 Å². The van der Waals surface area contributed by atoms with Gasteiger partial charge in [-0.25, -0.2) is 4.79 Å². The van der Waals surface area contributed by atoms with E-state index in [1.165, 1.54) is 18.9 Å². The topological polar surface area (TPSA) is 46.5 Å². The second kappa shape index (κ2) is 6.10. The number of rotatable bonds is 3. The van der Waals surface area contributed by atoms with Crippen LogP contribution in [-0.4, -0.2) is 17.2 Å². The molecule has 0 amide bonds. The molecule has 1 saturated carbocycles. The number of carboxylic acids is 1. The Morgan fingerprint density at radius 2 is 1.89 bits per heavy atom. The Labute approximate surface area is 112 Å². The second-order valence-corrected chi connectivity index (χ2v) is 5.06. The number of hydrogen-bond donors (Lipinski definition) is 1. The molecule has 0 bridgehead atoms. The minimum atomic E-state index is -0.999. The molecule has 0 unspecified atom stereocenters. The normalized spacial score (nSPS) is 17.2. The van der Waals surface area contributed by atoms with Crippen LogP contribution in [0.25, 0.3) is 0 Å². The Balaban J connectivity index is 2.19. The van der Waals surface area contributed by atoms with Crippen LogP contribution in [0.1, 0.15) is 48.9 Å². The van der Waals surface area contributed by atoms with Crippen molar-refractivity contribution in [1.82, 2.24) is 0 Å². The van der Waals surface area contributed by atoms with E-state index in [0.717, 1.165) is 25.7 Å². The first-order valence-corrected chi connectivity index (χ1v) is 6.75. The van der Waals surface area contributed by atoms with Gasteiger partial charge in [0.15, 0.2) is 5.75 Å². The maximum atomic E-state index is 11.1. The largest absolute Gasteiger partial charge is 0.488 e. The highest BCUT2D eigenvalue weighted by molar-refractivity contribution is 6.32. The Hall–Kier alpha value is -1.22. The lowest BCUT2D eigenvalue weighted by Crippen LogP contribution is -2.17. The van der Waals surface area contributed by atoms with Crippen LogP contribution in [0.15, 0.2) is 18.2 Å². The van der Waals surface area contributed by atoms with Crippen LogP contribution in [-0.2, 0) is 0 Å². The average Bonchev–Trinajstić information content (AvgIpc) is 2.60. The molecule has 2 rings (SSSR count). The molecule has 1 aliphatic carbocycles. The summed E-state index contributed by atoms with van der Waals surface area (Å²) in [5, 5.41) is 9.51. The first-order chi connectivity index (χ1) is 8.68. The molecule has 1 fully saturated rings. The molecule has 3 nitrogen and oxygen atoms in total. The predicted molar refractivity (Wildman–Crippen MR) is 70.5 cm³/mol. The maximum Gasteiger partial charge on any atom is 0.339 e. The molecule has 0 aliphatic heterocycles. The zero-order chi connectivity index (χ0) is 13.0.